The average molecular weight is 289 g/mol. The van der Waals surface area contributed by atoms with Gasteiger partial charge in [-0.25, -0.2) is 4.39 Å². The van der Waals surface area contributed by atoms with Crippen LogP contribution in [0.25, 0.3) is 0 Å². The van der Waals surface area contributed by atoms with Crippen LogP contribution in [-0.4, -0.2) is 26.2 Å². The third kappa shape index (κ3) is 4.21. The van der Waals surface area contributed by atoms with Gasteiger partial charge in [0.15, 0.2) is 0 Å². The maximum Gasteiger partial charge on any atom is 0.255 e. The van der Waals surface area contributed by atoms with E-state index in [4.69, 9.17) is 9.47 Å². The van der Waals surface area contributed by atoms with E-state index in [0.29, 0.717) is 30.2 Å². The van der Waals surface area contributed by atoms with Gasteiger partial charge in [0.05, 0.1) is 19.2 Å². The summed E-state index contributed by atoms with van der Waals surface area (Å²) in [7, 11) is 1.52. The zero-order valence-electron chi connectivity index (χ0n) is 11.6. The van der Waals surface area contributed by atoms with Gasteiger partial charge in [-0.1, -0.05) is 12.1 Å². The highest BCUT2D eigenvalue weighted by Gasteiger charge is 2.10. The molecule has 2 rings (SSSR count). The number of methoxy groups -OCH3 is 1. The molecule has 2 aromatic rings. The first kappa shape index (κ1) is 14.8. The summed E-state index contributed by atoms with van der Waals surface area (Å²) in [4.78, 5) is 12.0. The van der Waals surface area contributed by atoms with Crippen molar-refractivity contribution < 1.29 is 18.7 Å². The normalized spacial score (nSPS) is 10.0. The van der Waals surface area contributed by atoms with Crippen molar-refractivity contribution in [1.82, 2.24) is 5.32 Å². The number of hydrogen-bond donors (Lipinski definition) is 1. The molecule has 0 aliphatic rings. The predicted octanol–water partition coefficient (Wildman–Crippen LogP) is 2.64. The molecule has 0 spiro atoms. The van der Waals surface area contributed by atoms with Crippen LogP contribution in [0.2, 0.25) is 0 Å². The number of benzene rings is 2. The molecule has 0 aliphatic heterocycles. The zero-order chi connectivity index (χ0) is 15.1. The highest BCUT2D eigenvalue weighted by atomic mass is 19.1. The standard InChI is InChI=1S/C16H16FNO3/c1-20-15-5-3-2-4-14(15)16(19)18-10-11-21-13-8-6-12(17)7-9-13/h2-9H,10-11H2,1H3,(H,18,19). The largest absolute Gasteiger partial charge is 0.496 e. The summed E-state index contributed by atoms with van der Waals surface area (Å²) >= 11 is 0. The van der Waals surface area contributed by atoms with Crippen LogP contribution in [-0.2, 0) is 0 Å². The summed E-state index contributed by atoms with van der Waals surface area (Å²) in [5.74, 6) is 0.541. The van der Waals surface area contributed by atoms with E-state index in [0.717, 1.165) is 0 Å². The van der Waals surface area contributed by atoms with Crippen molar-refractivity contribution in [1.29, 1.82) is 0 Å². The second-order valence-electron chi connectivity index (χ2n) is 4.26. The second-order valence-corrected chi connectivity index (χ2v) is 4.26. The number of ether oxygens (including phenoxy) is 2. The van der Waals surface area contributed by atoms with Crippen molar-refractivity contribution in [3.63, 3.8) is 0 Å². The Balaban J connectivity index is 1.80. The number of hydrogen-bond acceptors (Lipinski definition) is 3. The SMILES string of the molecule is COc1ccccc1C(=O)NCCOc1ccc(F)cc1. The smallest absolute Gasteiger partial charge is 0.255 e. The molecule has 4 nitrogen and oxygen atoms in total. The van der Waals surface area contributed by atoms with Gasteiger partial charge in [-0.3, -0.25) is 4.79 Å². The van der Waals surface area contributed by atoms with E-state index in [9.17, 15) is 9.18 Å². The van der Waals surface area contributed by atoms with Crippen LogP contribution in [0.5, 0.6) is 11.5 Å². The molecule has 0 radical (unpaired) electrons. The zero-order valence-corrected chi connectivity index (χ0v) is 11.6. The Bertz CT molecular complexity index is 599. The fourth-order valence-electron chi connectivity index (χ4n) is 1.79. The average Bonchev–Trinajstić information content (AvgIpc) is 2.53. The number of nitrogens with one attached hydrogen (secondary N) is 1. The van der Waals surface area contributed by atoms with Crippen LogP contribution in [0.4, 0.5) is 4.39 Å². The summed E-state index contributed by atoms with van der Waals surface area (Å²) in [5.41, 5.74) is 0.474. The molecular formula is C16H16FNO3. The molecule has 0 saturated carbocycles. The van der Waals surface area contributed by atoms with Crippen LogP contribution in [0.1, 0.15) is 10.4 Å². The number of para-hydroxylation sites is 1. The minimum absolute atomic E-state index is 0.227. The molecule has 0 aromatic heterocycles. The first-order valence-electron chi connectivity index (χ1n) is 6.50. The molecule has 5 heteroatoms. The van der Waals surface area contributed by atoms with E-state index in [1.165, 1.54) is 31.4 Å². The number of amides is 1. The van der Waals surface area contributed by atoms with E-state index in [1.54, 1.807) is 24.3 Å². The lowest BCUT2D eigenvalue weighted by molar-refractivity contribution is 0.0944. The molecular weight excluding hydrogens is 273 g/mol. The van der Waals surface area contributed by atoms with Crippen molar-refractivity contribution in [3.05, 3.63) is 59.9 Å². The lowest BCUT2D eigenvalue weighted by Crippen LogP contribution is -2.28. The van der Waals surface area contributed by atoms with Gasteiger partial charge in [0.1, 0.15) is 23.9 Å². The molecule has 0 fully saturated rings. The summed E-state index contributed by atoms with van der Waals surface area (Å²) in [6.45, 7) is 0.640. The Morgan fingerprint density at radius 2 is 1.86 bits per heavy atom. The van der Waals surface area contributed by atoms with Gasteiger partial charge in [-0.2, -0.15) is 0 Å². The molecule has 0 aliphatic carbocycles. The first-order valence-corrected chi connectivity index (χ1v) is 6.50. The Morgan fingerprint density at radius 1 is 1.14 bits per heavy atom. The second kappa shape index (κ2) is 7.28. The van der Waals surface area contributed by atoms with Crippen LogP contribution >= 0.6 is 0 Å². The molecule has 0 unspecified atom stereocenters. The van der Waals surface area contributed by atoms with Crippen molar-refractivity contribution >= 4 is 5.91 Å². The van der Waals surface area contributed by atoms with Crippen molar-refractivity contribution in [2.75, 3.05) is 20.3 Å². The molecule has 2 aromatic carbocycles. The van der Waals surface area contributed by atoms with Crippen LogP contribution in [0, 0.1) is 5.82 Å². The summed E-state index contributed by atoms with van der Waals surface area (Å²) in [5, 5.41) is 2.74. The van der Waals surface area contributed by atoms with Crippen molar-refractivity contribution in [2.45, 2.75) is 0 Å². The van der Waals surface area contributed by atoms with Crippen LogP contribution < -0.4 is 14.8 Å². The third-order valence-corrected chi connectivity index (χ3v) is 2.82. The van der Waals surface area contributed by atoms with Gasteiger partial charge < -0.3 is 14.8 Å². The van der Waals surface area contributed by atoms with Crippen molar-refractivity contribution in [3.8, 4) is 11.5 Å². The van der Waals surface area contributed by atoms with Gasteiger partial charge in [0.2, 0.25) is 0 Å². The van der Waals surface area contributed by atoms with E-state index >= 15 is 0 Å². The van der Waals surface area contributed by atoms with Gasteiger partial charge >= 0.3 is 0 Å². The topological polar surface area (TPSA) is 47.6 Å². The van der Waals surface area contributed by atoms with Crippen LogP contribution in [0.3, 0.4) is 0 Å². The maximum atomic E-state index is 12.7. The Kier molecular flexibility index (Phi) is 5.15. The third-order valence-electron chi connectivity index (χ3n) is 2.82. The summed E-state index contributed by atoms with van der Waals surface area (Å²) in [6, 6.07) is 12.7. The number of halogens is 1. The summed E-state index contributed by atoms with van der Waals surface area (Å²) in [6.07, 6.45) is 0. The van der Waals surface area contributed by atoms with E-state index in [1.807, 2.05) is 0 Å². The van der Waals surface area contributed by atoms with E-state index in [-0.39, 0.29) is 11.7 Å². The first-order chi connectivity index (χ1) is 10.2. The number of rotatable bonds is 6. The Morgan fingerprint density at radius 3 is 2.57 bits per heavy atom. The summed E-state index contributed by atoms with van der Waals surface area (Å²) < 4.78 is 23.2. The molecule has 1 N–H and O–H groups in total. The fourth-order valence-corrected chi connectivity index (χ4v) is 1.79. The maximum absolute atomic E-state index is 12.7. The fraction of sp³-hybridized carbons (Fsp3) is 0.188. The minimum atomic E-state index is -0.313. The molecule has 1 amide bonds. The van der Waals surface area contributed by atoms with E-state index in [2.05, 4.69) is 5.32 Å². The molecule has 0 bridgehead atoms. The van der Waals surface area contributed by atoms with Gasteiger partial charge in [-0.15, -0.1) is 0 Å². The van der Waals surface area contributed by atoms with Gasteiger partial charge in [0, 0.05) is 0 Å². The Labute approximate surface area is 122 Å². The quantitative estimate of drug-likeness (QED) is 0.832. The molecule has 21 heavy (non-hydrogen) atoms. The van der Waals surface area contributed by atoms with Gasteiger partial charge in [0.25, 0.3) is 5.91 Å². The molecule has 0 atom stereocenters. The lowest BCUT2D eigenvalue weighted by Gasteiger charge is -2.10. The highest BCUT2D eigenvalue weighted by Crippen LogP contribution is 2.16. The predicted molar refractivity (Wildman–Crippen MR) is 77.2 cm³/mol. The molecule has 110 valence electrons. The number of carbonyl (C=O) groups is 1. The minimum Gasteiger partial charge on any atom is -0.496 e. The molecule has 0 heterocycles. The van der Waals surface area contributed by atoms with Gasteiger partial charge in [-0.05, 0) is 36.4 Å². The van der Waals surface area contributed by atoms with Crippen molar-refractivity contribution in [2.24, 2.45) is 0 Å². The van der Waals surface area contributed by atoms with E-state index < -0.39 is 0 Å². The molecule has 0 saturated heterocycles. The lowest BCUT2D eigenvalue weighted by atomic mass is 10.2. The monoisotopic (exact) mass is 289 g/mol. The Hall–Kier alpha value is -2.56. The highest BCUT2D eigenvalue weighted by molar-refractivity contribution is 5.96. The van der Waals surface area contributed by atoms with Crippen LogP contribution in [0.15, 0.2) is 48.5 Å². The number of carbonyl (C=O) groups excluding carboxylic acids is 1.